The quantitative estimate of drug-likeness (QED) is 0.210. The van der Waals surface area contributed by atoms with Crippen LogP contribution in [0, 0.1) is 13.8 Å². The maximum atomic E-state index is 13.3. The molecule has 2 N–H and O–H groups in total. The summed E-state index contributed by atoms with van der Waals surface area (Å²) in [6, 6.07) is 6.62. The number of aliphatic hydroxyl groups is 1. The van der Waals surface area contributed by atoms with Gasteiger partial charge in [-0.25, -0.2) is 4.79 Å². The van der Waals surface area contributed by atoms with E-state index >= 15 is 0 Å². The molecular formula is C26H32BrN3O5. The Balaban J connectivity index is 2.12. The molecule has 188 valence electrons. The van der Waals surface area contributed by atoms with Crippen LogP contribution in [0.15, 0.2) is 34.3 Å². The summed E-state index contributed by atoms with van der Waals surface area (Å²) < 4.78 is 5.62. The van der Waals surface area contributed by atoms with E-state index in [2.05, 4.69) is 39.7 Å². The summed E-state index contributed by atoms with van der Waals surface area (Å²) in [5.41, 5.74) is 2.19. The Labute approximate surface area is 214 Å². The number of H-pyrrole nitrogens is 1. The third-order valence-electron chi connectivity index (χ3n) is 6.54. The number of halogens is 1. The van der Waals surface area contributed by atoms with Crippen LogP contribution in [0.1, 0.15) is 59.2 Å². The van der Waals surface area contributed by atoms with Gasteiger partial charge in [-0.1, -0.05) is 41.9 Å². The number of rotatable bonds is 9. The van der Waals surface area contributed by atoms with Crippen LogP contribution in [-0.4, -0.2) is 70.8 Å². The first-order valence-corrected chi connectivity index (χ1v) is 12.5. The van der Waals surface area contributed by atoms with E-state index in [0.29, 0.717) is 35.3 Å². The number of hydrogen-bond acceptors (Lipinski definition) is 6. The van der Waals surface area contributed by atoms with Gasteiger partial charge in [-0.3, -0.25) is 9.59 Å². The Morgan fingerprint density at radius 2 is 1.91 bits per heavy atom. The fourth-order valence-electron chi connectivity index (χ4n) is 4.68. The minimum Gasteiger partial charge on any atom is -0.507 e. The van der Waals surface area contributed by atoms with E-state index in [1.807, 2.05) is 24.3 Å². The van der Waals surface area contributed by atoms with Gasteiger partial charge in [0.1, 0.15) is 11.5 Å². The lowest BCUT2D eigenvalue weighted by atomic mass is 9.94. The first-order chi connectivity index (χ1) is 16.7. The van der Waals surface area contributed by atoms with E-state index in [1.165, 1.54) is 12.0 Å². The number of esters is 1. The fourth-order valence-corrected chi connectivity index (χ4v) is 5.10. The number of ether oxygens (including phenoxy) is 1. The molecule has 1 atom stereocenters. The molecule has 9 heteroatoms. The predicted octanol–water partition coefficient (Wildman–Crippen LogP) is 4.33. The molecule has 0 radical (unpaired) electrons. The SMILES string of the molecule is CCN(CC)CCCN1C(=O)C(=O)C(=C(O)c2c(C)[nH]c(C(=O)OC)c2C)[C@@H]1c1cccc(Br)c1. The van der Waals surface area contributed by atoms with Crippen LogP contribution < -0.4 is 0 Å². The lowest BCUT2D eigenvalue weighted by Crippen LogP contribution is -2.33. The van der Waals surface area contributed by atoms with Gasteiger partial charge in [-0.15, -0.1) is 0 Å². The highest BCUT2D eigenvalue weighted by atomic mass is 79.9. The van der Waals surface area contributed by atoms with Crippen molar-refractivity contribution in [1.29, 1.82) is 0 Å². The van der Waals surface area contributed by atoms with Crippen molar-refractivity contribution in [1.82, 2.24) is 14.8 Å². The van der Waals surface area contributed by atoms with Crippen LogP contribution in [0.2, 0.25) is 0 Å². The van der Waals surface area contributed by atoms with Crippen molar-refractivity contribution in [2.45, 2.75) is 40.2 Å². The highest BCUT2D eigenvalue weighted by Crippen LogP contribution is 2.41. The normalized spacial score (nSPS) is 17.5. The zero-order chi connectivity index (χ0) is 25.9. The maximum absolute atomic E-state index is 13.3. The summed E-state index contributed by atoms with van der Waals surface area (Å²) in [6.45, 7) is 10.5. The Morgan fingerprint density at radius 1 is 1.23 bits per heavy atom. The average Bonchev–Trinajstić information content (AvgIpc) is 3.28. The number of amides is 1. The van der Waals surface area contributed by atoms with Crippen LogP contribution in [0.3, 0.4) is 0 Å². The van der Waals surface area contributed by atoms with Crippen molar-refractivity contribution >= 4 is 39.3 Å². The fraction of sp³-hybridized carbons (Fsp3) is 0.423. The minimum atomic E-state index is -0.750. The van der Waals surface area contributed by atoms with Gasteiger partial charge in [-0.05, 0) is 63.2 Å². The molecular weight excluding hydrogens is 514 g/mol. The van der Waals surface area contributed by atoms with Crippen molar-refractivity contribution in [3.63, 3.8) is 0 Å². The standard InChI is InChI=1S/C26H32BrN3O5/c1-6-29(7-2)12-9-13-30-22(17-10-8-11-18(27)14-17)20(24(32)25(30)33)23(31)19-15(3)21(26(34)35-5)28-16(19)4/h8,10-11,14,22,28,31H,6-7,9,12-13H2,1-5H3/t22-/m0/s1. The molecule has 3 rings (SSSR count). The number of aromatic amines is 1. The number of aryl methyl sites for hydroxylation is 1. The molecule has 0 spiro atoms. The molecule has 8 nitrogen and oxygen atoms in total. The lowest BCUT2D eigenvalue weighted by Gasteiger charge is -2.27. The monoisotopic (exact) mass is 545 g/mol. The van der Waals surface area contributed by atoms with Gasteiger partial charge in [-0.2, -0.15) is 0 Å². The summed E-state index contributed by atoms with van der Waals surface area (Å²) in [6.07, 6.45) is 0.688. The molecule has 1 fully saturated rings. The van der Waals surface area contributed by atoms with Crippen molar-refractivity contribution in [2.24, 2.45) is 0 Å². The first-order valence-electron chi connectivity index (χ1n) is 11.7. The molecule has 1 aromatic carbocycles. The molecule has 0 unspecified atom stereocenters. The topological polar surface area (TPSA) is 103 Å². The Morgan fingerprint density at radius 3 is 2.51 bits per heavy atom. The van der Waals surface area contributed by atoms with Gasteiger partial charge in [0.25, 0.3) is 11.7 Å². The molecule has 2 heterocycles. The molecule has 1 saturated heterocycles. The average molecular weight is 546 g/mol. The smallest absolute Gasteiger partial charge is 0.354 e. The molecule has 1 aliphatic rings. The van der Waals surface area contributed by atoms with Crippen LogP contribution in [0.4, 0.5) is 0 Å². The van der Waals surface area contributed by atoms with Crippen LogP contribution >= 0.6 is 15.9 Å². The maximum Gasteiger partial charge on any atom is 0.354 e. The molecule has 0 bridgehead atoms. The number of ketones is 1. The number of Topliss-reactive ketones (excluding diaryl/α,β-unsaturated/α-hetero) is 1. The summed E-state index contributed by atoms with van der Waals surface area (Å²) >= 11 is 3.47. The number of carbonyl (C=O) groups is 3. The van der Waals surface area contributed by atoms with Gasteiger partial charge in [0.15, 0.2) is 0 Å². The second kappa shape index (κ2) is 11.2. The summed E-state index contributed by atoms with van der Waals surface area (Å²) in [5.74, 6) is -2.27. The number of methoxy groups -OCH3 is 1. The molecule has 1 aliphatic heterocycles. The Kier molecular flexibility index (Phi) is 8.56. The molecule has 0 aliphatic carbocycles. The summed E-state index contributed by atoms with van der Waals surface area (Å²) in [4.78, 5) is 45.4. The van der Waals surface area contributed by atoms with Crippen molar-refractivity contribution in [3.05, 3.63) is 62.4 Å². The second-order valence-corrected chi connectivity index (χ2v) is 9.46. The van der Waals surface area contributed by atoms with Crippen LogP contribution in [0.5, 0.6) is 0 Å². The van der Waals surface area contributed by atoms with E-state index in [-0.39, 0.29) is 17.0 Å². The number of benzene rings is 1. The van der Waals surface area contributed by atoms with Gasteiger partial charge in [0.2, 0.25) is 0 Å². The van der Waals surface area contributed by atoms with Crippen LogP contribution in [-0.2, 0) is 14.3 Å². The van der Waals surface area contributed by atoms with E-state index in [9.17, 15) is 19.5 Å². The number of nitrogens with zero attached hydrogens (tertiary/aromatic N) is 2. The van der Waals surface area contributed by atoms with Gasteiger partial charge in [0, 0.05) is 22.3 Å². The number of hydrogen-bond donors (Lipinski definition) is 2. The Hall–Kier alpha value is -2.91. The zero-order valence-electron chi connectivity index (χ0n) is 20.8. The molecule has 1 amide bonds. The van der Waals surface area contributed by atoms with Gasteiger partial charge in [0.05, 0.1) is 18.7 Å². The molecule has 0 saturated carbocycles. The van der Waals surface area contributed by atoms with E-state index in [0.717, 1.165) is 24.1 Å². The Bertz CT molecular complexity index is 1170. The zero-order valence-corrected chi connectivity index (χ0v) is 22.4. The number of aliphatic hydroxyl groups excluding tert-OH is 1. The van der Waals surface area contributed by atoms with Gasteiger partial charge < -0.3 is 24.6 Å². The second-order valence-electron chi connectivity index (χ2n) is 8.54. The number of aromatic nitrogens is 1. The van der Waals surface area contributed by atoms with Crippen molar-refractivity contribution in [2.75, 3.05) is 33.3 Å². The van der Waals surface area contributed by atoms with E-state index < -0.39 is 23.7 Å². The summed E-state index contributed by atoms with van der Waals surface area (Å²) in [7, 11) is 1.27. The number of likely N-dealkylation sites (tertiary alicyclic amines) is 1. The highest BCUT2D eigenvalue weighted by molar-refractivity contribution is 9.10. The summed E-state index contributed by atoms with van der Waals surface area (Å²) in [5, 5.41) is 11.4. The largest absolute Gasteiger partial charge is 0.507 e. The predicted molar refractivity (Wildman–Crippen MR) is 137 cm³/mol. The van der Waals surface area contributed by atoms with Crippen molar-refractivity contribution < 1.29 is 24.2 Å². The van der Waals surface area contributed by atoms with Gasteiger partial charge >= 0.3 is 5.97 Å². The van der Waals surface area contributed by atoms with E-state index in [1.54, 1.807) is 13.8 Å². The third kappa shape index (κ3) is 5.21. The molecule has 35 heavy (non-hydrogen) atoms. The van der Waals surface area contributed by atoms with E-state index in [4.69, 9.17) is 4.74 Å². The lowest BCUT2D eigenvalue weighted by molar-refractivity contribution is -0.140. The third-order valence-corrected chi connectivity index (χ3v) is 7.03. The first kappa shape index (κ1) is 26.7. The van der Waals surface area contributed by atoms with Crippen LogP contribution in [0.25, 0.3) is 5.76 Å². The highest BCUT2D eigenvalue weighted by Gasteiger charge is 2.46. The minimum absolute atomic E-state index is 0.0116. The molecule has 1 aromatic heterocycles. The molecule has 2 aromatic rings. The number of carbonyl (C=O) groups excluding carboxylic acids is 3. The number of nitrogens with one attached hydrogen (secondary N) is 1. The van der Waals surface area contributed by atoms with Crippen molar-refractivity contribution in [3.8, 4) is 0 Å².